The molecule has 3 heteroatoms. The summed E-state index contributed by atoms with van der Waals surface area (Å²) in [5.74, 6) is 0. The van der Waals surface area contributed by atoms with Gasteiger partial charge < -0.3 is 0 Å². The summed E-state index contributed by atoms with van der Waals surface area (Å²) in [5, 5.41) is 2.75. The zero-order chi connectivity index (χ0) is 4.41. The van der Waals surface area contributed by atoms with Gasteiger partial charge in [0.2, 0.25) is 0 Å². The summed E-state index contributed by atoms with van der Waals surface area (Å²) in [6, 6.07) is 0.574. The van der Waals surface area contributed by atoms with Crippen LogP contribution in [0.4, 0.5) is 0 Å². The van der Waals surface area contributed by atoms with Crippen molar-refractivity contribution >= 4 is 27.4 Å². The van der Waals surface area contributed by atoms with Gasteiger partial charge >= 0.3 is 43.8 Å². The second kappa shape index (κ2) is 3.73. The zero-order valence-electron chi connectivity index (χ0n) is 4.09. The Kier molecular flexibility index (Phi) is 4.14. The summed E-state index contributed by atoms with van der Waals surface area (Å²) in [6.45, 7) is 0. The molecule has 44 valence electrons. The van der Waals surface area contributed by atoms with Crippen LogP contribution >= 0.6 is 12.4 Å². The second-order valence-electron chi connectivity index (χ2n) is 1.62. The van der Waals surface area contributed by atoms with Crippen LogP contribution in [0.5, 0.6) is 0 Å². The molecule has 2 N–H and O–H groups in total. The number of halogens is 1. The molecule has 1 aliphatic rings. The van der Waals surface area contributed by atoms with Crippen LogP contribution in [0.1, 0.15) is 6.42 Å². The Morgan fingerprint density at radius 1 is 1.57 bits per heavy atom. The van der Waals surface area contributed by atoms with E-state index in [1.54, 1.807) is 0 Å². The van der Waals surface area contributed by atoms with E-state index in [4.69, 9.17) is 5.73 Å². The Morgan fingerprint density at radius 2 is 2.29 bits per heavy atom. The molecule has 1 rings (SSSR count). The van der Waals surface area contributed by atoms with Crippen molar-refractivity contribution in [1.29, 1.82) is 0 Å². The molecule has 0 amide bonds. The van der Waals surface area contributed by atoms with Crippen molar-refractivity contribution in [2.45, 2.75) is 23.1 Å². The first-order valence-electron chi connectivity index (χ1n) is 2.23. The van der Waals surface area contributed by atoms with Crippen LogP contribution in [0.2, 0.25) is 10.6 Å². The van der Waals surface area contributed by atoms with Crippen molar-refractivity contribution in [1.82, 2.24) is 0 Å². The topological polar surface area (TPSA) is 26.0 Å². The average Bonchev–Trinajstić information content (AvgIpc) is 1.86. The third-order valence-corrected chi connectivity index (χ3v) is 3.46. The Morgan fingerprint density at radius 3 is 2.43 bits per heavy atom. The molecule has 0 saturated carbocycles. The van der Waals surface area contributed by atoms with E-state index < -0.39 is 0 Å². The van der Waals surface area contributed by atoms with Crippen molar-refractivity contribution in [3.05, 3.63) is 0 Å². The molecule has 0 aromatic carbocycles. The summed E-state index contributed by atoms with van der Waals surface area (Å²) in [5.41, 5.74) is 5.55. The fourth-order valence-electron chi connectivity index (χ4n) is 0.553. The predicted octanol–water partition coefficient (Wildman–Crippen LogP) is 0.680. The normalized spacial score (nSPS) is 29.6. The van der Waals surface area contributed by atoms with Gasteiger partial charge in [-0.2, -0.15) is 0 Å². The maximum absolute atomic E-state index is 5.55. The molecule has 0 radical (unpaired) electrons. The monoisotopic (exact) mass is 187 g/mol. The number of rotatable bonds is 0. The van der Waals surface area contributed by atoms with Crippen LogP contribution in [0, 0.1) is 0 Å². The molecule has 7 heavy (non-hydrogen) atoms. The van der Waals surface area contributed by atoms with Gasteiger partial charge in [0.25, 0.3) is 0 Å². The third-order valence-electron chi connectivity index (χ3n) is 0.965. The summed E-state index contributed by atoms with van der Waals surface area (Å²) in [7, 11) is 0. The third kappa shape index (κ3) is 2.55. The molecule has 0 spiro atoms. The molecule has 1 unspecified atom stereocenters. The molecule has 0 aromatic heterocycles. The molecule has 0 bridgehead atoms. The first kappa shape index (κ1) is 7.77. The van der Waals surface area contributed by atoms with Crippen molar-refractivity contribution < 1.29 is 0 Å². The van der Waals surface area contributed by atoms with E-state index in [1.807, 2.05) is 0 Å². The summed E-state index contributed by atoms with van der Waals surface area (Å²) >= 11 is 0.916. The Hall–Kier alpha value is 0.769. The average molecular weight is 187 g/mol. The number of hydrogen-bond acceptors (Lipinski definition) is 1. The molecule has 1 heterocycles. The second-order valence-corrected chi connectivity index (χ2v) is 4.04. The molecular weight excluding hydrogens is 176 g/mol. The van der Waals surface area contributed by atoms with E-state index in [-0.39, 0.29) is 12.4 Å². The summed E-state index contributed by atoms with van der Waals surface area (Å²) in [4.78, 5) is 0. The van der Waals surface area contributed by atoms with Crippen LogP contribution in [-0.4, -0.2) is 21.0 Å². The molecule has 0 aromatic rings. The molecule has 0 aliphatic carbocycles. The fourth-order valence-corrected chi connectivity index (χ4v) is 2.87. The first-order valence-corrected chi connectivity index (χ1v) is 4.65. The van der Waals surface area contributed by atoms with Gasteiger partial charge in [-0.25, -0.2) is 0 Å². The van der Waals surface area contributed by atoms with E-state index in [1.165, 1.54) is 17.1 Å². The molecule has 1 fully saturated rings. The molecule has 1 aliphatic heterocycles. The van der Waals surface area contributed by atoms with Gasteiger partial charge in [0.1, 0.15) is 0 Å². The number of hydrogen-bond donors (Lipinski definition) is 1. The molecule has 1 atom stereocenters. The number of nitrogens with two attached hydrogens (primary N) is 1. The Bertz CT molecular complexity index is 45.0. The van der Waals surface area contributed by atoms with Crippen molar-refractivity contribution in [2.24, 2.45) is 5.73 Å². The van der Waals surface area contributed by atoms with E-state index in [0.717, 1.165) is 15.0 Å². The van der Waals surface area contributed by atoms with Gasteiger partial charge in [-0.05, 0) is 0 Å². The van der Waals surface area contributed by atoms with Crippen LogP contribution in [0.3, 0.4) is 0 Å². The predicted molar refractivity (Wildman–Crippen MR) is 35.2 cm³/mol. The van der Waals surface area contributed by atoms with Crippen LogP contribution in [0.25, 0.3) is 0 Å². The van der Waals surface area contributed by atoms with E-state index in [2.05, 4.69) is 0 Å². The van der Waals surface area contributed by atoms with E-state index >= 15 is 0 Å². The molecular formula is C4H10ClNSe. The van der Waals surface area contributed by atoms with Gasteiger partial charge in [0, 0.05) is 0 Å². The summed E-state index contributed by atoms with van der Waals surface area (Å²) in [6.07, 6.45) is 1.29. The fraction of sp³-hybridized carbons (Fsp3) is 1.00. The van der Waals surface area contributed by atoms with Crippen molar-refractivity contribution in [3.63, 3.8) is 0 Å². The SMILES string of the molecule is Cl.NC1CC[Se]C1. The van der Waals surface area contributed by atoms with Crippen LogP contribution in [-0.2, 0) is 0 Å². The standard InChI is InChI=1S/C4H9NSe.ClH/c5-4-1-2-6-3-4;/h4H,1-3,5H2;1H. The van der Waals surface area contributed by atoms with Gasteiger partial charge in [-0.15, -0.1) is 12.4 Å². The maximum atomic E-state index is 5.55. The Labute approximate surface area is 56.6 Å². The minimum absolute atomic E-state index is 0. The molecule has 1 saturated heterocycles. The van der Waals surface area contributed by atoms with Gasteiger partial charge in [0.15, 0.2) is 0 Å². The Balaban J connectivity index is 0.000000360. The van der Waals surface area contributed by atoms with Crippen LogP contribution < -0.4 is 5.73 Å². The van der Waals surface area contributed by atoms with Crippen LogP contribution in [0.15, 0.2) is 0 Å². The molecule has 1 nitrogen and oxygen atoms in total. The van der Waals surface area contributed by atoms with Gasteiger partial charge in [-0.3, -0.25) is 0 Å². The summed E-state index contributed by atoms with van der Waals surface area (Å²) < 4.78 is 0. The first-order chi connectivity index (χ1) is 2.89. The minimum atomic E-state index is 0. The zero-order valence-corrected chi connectivity index (χ0v) is 6.62. The quantitative estimate of drug-likeness (QED) is 0.554. The van der Waals surface area contributed by atoms with Gasteiger partial charge in [0.05, 0.1) is 0 Å². The van der Waals surface area contributed by atoms with E-state index in [9.17, 15) is 0 Å². The van der Waals surface area contributed by atoms with E-state index in [0.29, 0.717) is 6.04 Å². The van der Waals surface area contributed by atoms with Gasteiger partial charge in [-0.1, -0.05) is 0 Å². The van der Waals surface area contributed by atoms with Crippen molar-refractivity contribution in [3.8, 4) is 0 Å². The van der Waals surface area contributed by atoms with Crippen molar-refractivity contribution in [2.75, 3.05) is 0 Å².